The van der Waals surface area contributed by atoms with Crippen molar-refractivity contribution < 1.29 is 9.59 Å². The second kappa shape index (κ2) is 6.34. The first kappa shape index (κ1) is 16.0. The van der Waals surface area contributed by atoms with E-state index in [-0.39, 0.29) is 23.1 Å². The van der Waals surface area contributed by atoms with Gasteiger partial charge in [-0.15, -0.1) is 0 Å². The van der Waals surface area contributed by atoms with E-state index in [1.807, 2.05) is 36.1 Å². The summed E-state index contributed by atoms with van der Waals surface area (Å²) in [6, 6.07) is 8.12. The maximum Gasteiger partial charge on any atom is 0.227 e. The zero-order valence-electron chi connectivity index (χ0n) is 14.1. The van der Waals surface area contributed by atoms with Crippen molar-refractivity contribution in [3.8, 4) is 0 Å². The Balaban J connectivity index is 1.72. The molecule has 1 N–H and O–H groups in total. The minimum absolute atomic E-state index is 0.0169. The maximum atomic E-state index is 12.7. The molecule has 3 rings (SSSR count). The molecule has 2 aliphatic rings. The normalized spacial score (nSPS) is 22.5. The minimum Gasteiger partial charge on any atom is -0.359 e. The summed E-state index contributed by atoms with van der Waals surface area (Å²) in [6.45, 7) is 3.37. The summed E-state index contributed by atoms with van der Waals surface area (Å²) < 4.78 is 0. The number of hydrogen-bond donors (Lipinski definition) is 1. The van der Waals surface area contributed by atoms with Crippen molar-refractivity contribution >= 4 is 11.8 Å². The summed E-state index contributed by atoms with van der Waals surface area (Å²) in [5.74, 6) is 0.195. The predicted octanol–water partition coefficient (Wildman–Crippen LogP) is 2.30. The summed E-state index contributed by atoms with van der Waals surface area (Å²) >= 11 is 0. The van der Waals surface area contributed by atoms with E-state index in [1.165, 1.54) is 18.4 Å². The smallest absolute Gasteiger partial charge is 0.227 e. The number of amides is 2. The van der Waals surface area contributed by atoms with Crippen molar-refractivity contribution in [2.75, 3.05) is 20.1 Å². The van der Waals surface area contributed by atoms with Crippen LogP contribution in [0.15, 0.2) is 24.3 Å². The van der Waals surface area contributed by atoms with Gasteiger partial charge in [0.1, 0.15) is 0 Å². The first-order valence-corrected chi connectivity index (χ1v) is 8.59. The van der Waals surface area contributed by atoms with E-state index in [2.05, 4.69) is 5.32 Å². The Bertz CT molecular complexity index is 588. The van der Waals surface area contributed by atoms with E-state index in [9.17, 15) is 9.59 Å². The van der Waals surface area contributed by atoms with Crippen LogP contribution < -0.4 is 5.32 Å². The van der Waals surface area contributed by atoms with E-state index < -0.39 is 0 Å². The molecule has 1 aliphatic carbocycles. The van der Waals surface area contributed by atoms with Gasteiger partial charge in [-0.05, 0) is 25.3 Å². The third-order valence-corrected chi connectivity index (χ3v) is 5.64. The zero-order valence-corrected chi connectivity index (χ0v) is 14.1. The van der Waals surface area contributed by atoms with Crippen molar-refractivity contribution in [3.63, 3.8) is 0 Å². The van der Waals surface area contributed by atoms with Crippen molar-refractivity contribution in [2.45, 2.75) is 39.0 Å². The van der Waals surface area contributed by atoms with E-state index in [1.54, 1.807) is 7.05 Å². The average molecular weight is 314 g/mol. The molecule has 1 aromatic rings. The Labute approximate surface area is 138 Å². The van der Waals surface area contributed by atoms with E-state index in [4.69, 9.17) is 0 Å². The maximum absolute atomic E-state index is 12.7. The number of nitrogens with one attached hydrogen (secondary N) is 1. The molecule has 1 aliphatic heterocycles. The van der Waals surface area contributed by atoms with Gasteiger partial charge in [-0.25, -0.2) is 0 Å². The average Bonchev–Trinajstić information content (AvgIpc) is 3.17. The van der Waals surface area contributed by atoms with Crippen molar-refractivity contribution in [3.05, 3.63) is 35.4 Å². The Morgan fingerprint density at radius 2 is 1.87 bits per heavy atom. The molecule has 0 bridgehead atoms. The van der Waals surface area contributed by atoms with Crippen molar-refractivity contribution in [1.82, 2.24) is 10.2 Å². The zero-order chi connectivity index (χ0) is 16.4. The third kappa shape index (κ3) is 3.12. The molecule has 1 heterocycles. The highest BCUT2D eigenvalue weighted by Gasteiger charge is 2.51. The number of carbonyl (C=O) groups is 2. The van der Waals surface area contributed by atoms with Crippen LogP contribution in [-0.2, 0) is 16.0 Å². The summed E-state index contributed by atoms with van der Waals surface area (Å²) in [5.41, 5.74) is 2.26. The van der Waals surface area contributed by atoms with Crippen LogP contribution in [0.1, 0.15) is 36.8 Å². The minimum atomic E-state index is -0.0445. The molecule has 1 spiro atoms. The molecule has 1 atom stereocenters. The first-order valence-electron chi connectivity index (χ1n) is 8.59. The Morgan fingerprint density at radius 1 is 1.22 bits per heavy atom. The van der Waals surface area contributed by atoms with Gasteiger partial charge in [0.05, 0.1) is 12.3 Å². The summed E-state index contributed by atoms with van der Waals surface area (Å²) in [5, 5.41) is 2.80. The molecule has 0 aromatic heterocycles. The lowest BCUT2D eigenvalue weighted by Gasteiger charge is -2.28. The van der Waals surface area contributed by atoms with Gasteiger partial charge >= 0.3 is 0 Å². The lowest BCUT2D eigenvalue weighted by atomic mass is 9.76. The summed E-state index contributed by atoms with van der Waals surface area (Å²) in [4.78, 5) is 26.9. The highest BCUT2D eigenvalue weighted by atomic mass is 16.2. The van der Waals surface area contributed by atoms with Crippen LogP contribution in [0.5, 0.6) is 0 Å². The Kier molecular flexibility index (Phi) is 4.42. The van der Waals surface area contributed by atoms with Crippen molar-refractivity contribution in [1.29, 1.82) is 0 Å². The van der Waals surface area contributed by atoms with E-state index in [0.717, 1.165) is 24.9 Å². The quantitative estimate of drug-likeness (QED) is 0.931. The van der Waals surface area contributed by atoms with Gasteiger partial charge in [-0.3, -0.25) is 9.59 Å². The molecule has 124 valence electrons. The van der Waals surface area contributed by atoms with Gasteiger partial charge in [0.25, 0.3) is 0 Å². The second-order valence-corrected chi connectivity index (χ2v) is 7.17. The summed E-state index contributed by atoms with van der Waals surface area (Å²) in [6.07, 6.45) is 4.91. The number of nitrogens with zero attached hydrogens (tertiary/aromatic N) is 1. The molecule has 4 heteroatoms. The molecule has 1 saturated heterocycles. The lowest BCUT2D eigenvalue weighted by Crippen LogP contribution is -2.38. The van der Waals surface area contributed by atoms with Gasteiger partial charge in [-0.2, -0.15) is 0 Å². The van der Waals surface area contributed by atoms with Crippen LogP contribution in [0.3, 0.4) is 0 Å². The van der Waals surface area contributed by atoms with Gasteiger partial charge in [0.15, 0.2) is 0 Å². The molecule has 2 fully saturated rings. The topological polar surface area (TPSA) is 49.4 Å². The number of carbonyl (C=O) groups excluding carboxylic acids is 2. The monoisotopic (exact) mass is 314 g/mol. The van der Waals surface area contributed by atoms with Crippen LogP contribution in [0.2, 0.25) is 0 Å². The van der Waals surface area contributed by atoms with Gasteiger partial charge < -0.3 is 10.2 Å². The Hall–Kier alpha value is -1.84. The highest BCUT2D eigenvalue weighted by molar-refractivity contribution is 5.84. The number of hydrogen-bond acceptors (Lipinski definition) is 2. The standard InChI is InChI=1S/C19H26N2O2/c1-14-5-7-15(8-6-14)11-17(22)21-12-16(18(23)20-2)19(13-21)9-3-4-10-19/h5-8,16H,3-4,9-13H2,1-2H3,(H,20,23)/t16-/m1/s1. The lowest BCUT2D eigenvalue weighted by molar-refractivity contribution is -0.130. The molecule has 4 nitrogen and oxygen atoms in total. The van der Waals surface area contributed by atoms with Gasteiger partial charge in [0.2, 0.25) is 11.8 Å². The second-order valence-electron chi connectivity index (χ2n) is 7.17. The number of aryl methyl sites for hydroxylation is 1. The van der Waals surface area contributed by atoms with E-state index >= 15 is 0 Å². The van der Waals surface area contributed by atoms with Crippen LogP contribution in [0.25, 0.3) is 0 Å². The fourth-order valence-corrected chi connectivity index (χ4v) is 4.27. The van der Waals surface area contributed by atoms with Crippen LogP contribution in [0, 0.1) is 18.3 Å². The molecular formula is C19H26N2O2. The number of benzene rings is 1. The first-order chi connectivity index (χ1) is 11.0. The molecular weight excluding hydrogens is 288 g/mol. The number of likely N-dealkylation sites (tertiary alicyclic amines) is 1. The van der Waals surface area contributed by atoms with Crippen molar-refractivity contribution in [2.24, 2.45) is 11.3 Å². The van der Waals surface area contributed by atoms with E-state index in [0.29, 0.717) is 13.0 Å². The molecule has 23 heavy (non-hydrogen) atoms. The van der Waals surface area contributed by atoms with Crippen LogP contribution >= 0.6 is 0 Å². The summed E-state index contributed by atoms with van der Waals surface area (Å²) in [7, 11) is 1.70. The fraction of sp³-hybridized carbons (Fsp3) is 0.579. The molecule has 0 radical (unpaired) electrons. The van der Waals surface area contributed by atoms with Gasteiger partial charge in [0, 0.05) is 25.6 Å². The van der Waals surface area contributed by atoms with Gasteiger partial charge in [-0.1, -0.05) is 42.7 Å². The highest BCUT2D eigenvalue weighted by Crippen LogP contribution is 2.49. The molecule has 0 unspecified atom stereocenters. The molecule has 1 saturated carbocycles. The number of rotatable bonds is 3. The SMILES string of the molecule is CNC(=O)[C@H]1CN(C(=O)Cc2ccc(C)cc2)CC12CCCC2. The predicted molar refractivity (Wildman–Crippen MR) is 89.9 cm³/mol. The van der Waals surface area contributed by atoms with Crippen LogP contribution in [0.4, 0.5) is 0 Å². The fourth-order valence-electron chi connectivity index (χ4n) is 4.27. The molecule has 2 amide bonds. The largest absolute Gasteiger partial charge is 0.359 e. The van der Waals surface area contributed by atoms with Crippen LogP contribution in [-0.4, -0.2) is 36.9 Å². The third-order valence-electron chi connectivity index (χ3n) is 5.64. The molecule has 1 aromatic carbocycles. The Morgan fingerprint density at radius 3 is 2.48 bits per heavy atom.